The molecule has 0 bridgehead atoms. The summed E-state index contributed by atoms with van der Waals surface area (Å²) >= 11 is 0. The number of amides is 1. The second kappa shape index (κ2) is 6.68. The fourth-order valence-electron chi connectivity index (χ4n) is 2.55. The smallest absolute Gasteiger partial charge is 0.261 e. The third kappa shape index (κ3) is 3.33. The molecule has 0 aliphatic carbocycles. The number of rotatable bonds is 4. The van der Waals surface area contributed by atoms with Gasteiger partial charge in [-0.15, -0.1) is 0 Å². The minimum Gasteiger partial charge on any atom is -0.324 e. The van der Waals surface area contributed by atoms with Gasteiger partial charge in [-0.1, -0.05) is 24.3 Å². The van der Waals surface area contributed by atoms with Gasteiger partial charge in [-0.25, -0.2) is 4.98 Å². The number of anilines is 1. The van der Waals surface area contributed by atoms with E-state index in [4.69, 9.17) is 0 Å². The van der Waals surface area contributed by atoms with E-state index < -0.39 is 6.04 Å². The van der Waals surface area contributed by atoms with E-state index in [1.165, 1.54) is 17.8 Å². The van der Waals surface area contributed by atoms with Crippen molar-refractivity contribution in [3.63, 3.8) is 0 Å². The molecule has 126 valence electrons. The van der Waals surface area contributed by atoms with Crippen molar-refractivity contribution in [3.8, 4) is 0 Å². The number of para-hydroxylation sites is 1. The summed E-state index contributed by atoms with van der Waals surface area (Å²) in [5.74, 6) is -0.445. The predicted molar refractivity (Wildman–Crippen MR) is 95.8 cm³/mol. The molecule has 6 nitrogen and oxygen atoms in total. The Morgan fingerprint density at radius 2 is 1.88 bits per heavy atom. The monoisotopic (exact) mass is 335 g/mol. The molecule has 0 aliphatic rings. The van der Waals surface area contributed by atoms with Crippen LogP contribution in [0.5, 0.6) is 0 Å². The molecule has 0 saturated heterocycles. The van der Waals surface area contributed by atoms with Gasteiger partial charge in [0.05, 0.1) is 17.2 Å². The quantitative estimate of drug-likeness (QED) is 0.743. The normalized spacial score (nSPS) is 11.9. The Morgan fingerprint density at radius 1 is 1.12 bits per heavy atom. The third-order valence-electron chi connectivity index (χ3n) is 4.02. The molecule has 3 aromatic rings. The molecule has 1 aromatic heterocycles. The molecule has 0 spiro atoms. The van der Waals surface area contributed by atoms with Crippen molar-refractivity contribution in [1.29, 1.82) is 0 Å². The number of nitrogens with one attached hydrogen (secondary N) is 1. The Bertz CT molecular complexity index is 1020. The van der Waals surface area contributed by atoms with Crippen molar-refractivity contribution < 1.29 is 9.59 Å². The van der Waals surface area contributed by atoms with Crippen molar-refractivity contribution in [2.24, 2.45) is 0 Å². The van der Waals surface area contributed by atoms with Crippen molar-refractivity contribution in [2.75, 3.05) is 5.32 Å². The Labute approximate surface area is 144 Å². The molecule has 0 fully saturated rings. The lowest BCUT2D eigenvalue weighted by Gasteiger charge is -2.15. The molecule has 0 saturated carbocycles. The lowest BCUT2D eigenvalue weighted by Crippen LogP contribution is -2.31. The van der Waals surface area contributed by atoms with Gasteiger partial charge in [-0.2, -0.15) is 0 Å². The number of hydrogen-bond donors (Lipinski definition) is 1. The van der Waals surface area contributed by atoms with Gasteiger partial charge in [-0.3, -0.25) is 19.0 Å². The summed E-state index contributed by atoms with van der Waals surface area (Å²) in [6, 6.07) is 12.9. The first kappa shape index (κ1) is 16.6. The molecule has 3 rings (SSSR count). The van der Waals surface area contributed by atoms with Crippen LogP contribution >= 0.6 is 0 Å². The fraction of sp³-hybridized carbons (Fsp3) is 0.158. The lowest BCUT2D eigenvalue weighted by atomic mass is 10.1. The summed E-state index contributed by atoms with van der Waals surface area (Å²) in [7, 11) is 0. The minimum atomic E-state index is -0.745. The number of fused-ring (bicyclic) bond motifs is 1. The Morgan fingerprint density at radius 3 is 2.64 bits per heavy atom. The summed E-state index contributed by atoms with van der Waals surface area (Å²) in [5.41, 5.74) is 1.33. The van der Waals surface area contributed by atoms with Crippen molar-refractivity contribution in [1.82, 2.24) is 9.55 Å². The first-order valence-electron chi connectivity index (χ1n) is 7.85. The third-order valence-corrected chi connectivity index (χ3v) is 4.02. The predicted octanol–water partition coefficient (Wildman–Crippen LogP) is 2.80. The van der Waals surface area contributed by atoms with Crippen LogP contribution in [0.3, 0.4) is 0 Å². The maximum absolute atomic E-state index is 12.6. The standard InChI is InChI=1S/C19H17N3O3/c1-12(18(24)21-15-7-5-6-14(10-15)13(2)23)22-11-20-17-9-4-3-8-16(17)19(22)25/h3-12H,1-2H3,(H,21,24). The van der Waals surface area contributed by atoms with E-state index in [1.54, 1.807) is 55.5 Å². The van der Waals surface area contributed by atoms with Gasteiger partial charge >= 0.3 is 0 Å². The van der Waals surface area contributed by atoms with E-state index >= 15 is 0 Å². The molecule has 25 heavy (non-hydrogen) atoms. The first-order valence-corrected chi connectivity index (χ1v) is 7.85. The van der Waals surface area contributed by atoms with E-state index in [-0.39, 0.29) is 17.2 Å². The van der Waals surface area contributed by atoms with Crippen molar-refractivity contribution in [2.45, 2.75) is 19.9 Å². The SMILES string of the molecule is CC(=O)c1cccc(NC(=O)C(C)n2cnc3ccccc3c2=O)c1. The minimum absolute atomic E-state index is 0.0842. The average Bonchev–Trinajstić information content (AvgIpc) is 2.62. The van der Waals surface area contributed by atoms with E-state index in [2.05, 4.69) is 10.3 Å². The van der Waals surface area contributed by atoms with E-state index in [9.17, 15) is 14.4 Å². The molecular formula is C19H17N3O3. The molecule has 2 aromatic carbocycles. The van der Waals surface area contributed by atoms with E-state index in [1.807, 2.05) is 0 Å². The zero-order valence-corrected chi connectivity index (χ0v) is 13.9. The average molecular weight is 335 g/mol. The van der Waals surface area contributed by atoms with Crippen LogP contribution in [0.15, 0.2) is 59.7 Å². The van der Waals surface area contributed by atoms with Crippen LogP contribution in [-0.2, 0) is 4.79 Å². The summed E-state index contributed by atoms with van der Waals surface area (Å²) in [5, 5.41) is 3.19. The molecule has 1 heterocycles. The summed E-state index contributed by atoms with van der Waals surface area (Å²) < 4.78 is 1.30. The van der Waals surface area contributed by atoms with E-state index in [0.29, 0.717) is 22.2 Å². The highest BCUT2D eigenvalue weighted by molar-refractivity contribution is 5.98. The molecule has 1 atom stereocenters. The van der Waals surface area contributed by atoms with Gasteiger partial charge in [0.25, 0.3) is 5.56 Å². The summed E-state index contributed by atoms with van der Waals surface area (Å²) in [4.78, 5) is 40.7. The van der Waals surface area contributed by atoms with Gasteiger partial charge in [-0.05, 0) is 38.1 Å². The molecule has 1 N–H and O–H groups in total. The second-order valence-electron chi connectivity index (χ2n) is 5.78. The number of aromatic nitrogens is 2. The van der Waals surface area contributed by atoms with Crippen LogP contribution in [-0.4, -0.2) is 21.2 Å². The number of benzene rings is 2. The van der Waals surface area contributed by atoms with Gasteiger partial charge < -0.3 is 5.32 Å². The Balaban J connectivity index is 1.88. The highest BCUT2D eigenvalue weighted by Gasteiger charge is 2.18. The van der Waals surface area contributed by atoms with Crippen molar-refractivity contribution >= 4 is 28.3 Å². The van der Waals surface area contributed by atoms with Crippen LogP contribution in [0.2, 0.25) is 0 Å². The molecule has 0 radical (unpaired) electrons. The molecule has 0 aliphatic heterocycles. The van der Waals surface area contributed by atoms with Crippen LogP contribution in [0.1, 0.15) is 30.2 Å². The maximum Gasteiger partial charge on any atom is 0.261 e. The zero-order chi connectivity index (χ0) is 18.0. The fourth-order valence-corrected chi connectivity index (χ4v) is 2.55. The van der Waals surface area contributed by atoms with Gasteiger partial charge in [0.2, 0.25) is 5.91 Å². The summed E-state index contributed by atoms with van der Waals surface area (Å²) in [6.45, 7) is 3.09. The number of carbonyl (C=O) groups is 2. The molecule has 1 amide bonds. The first-order chi connectivity index (χ1) is 12.0. The summed E-state index contributed by atoms with van der Waals surface area (Å²) in [6.07, 6.45) is 1.38. The largest absolute Gasteiger partial charge is 0.324 e. The van der Waals surface area contributed by atoms with Crippen molar-refractivity contribution in [3.05, 3.63) is 70.8 Å². The second-order valence-corrected chi connectivity index (χ2v) is 5.78. The Hall–Kier alpha value is -3.28. The van der Waals surface area contributed by atoms with Gasteiger partial charge in [0.15, 0.2) is 5.78 Å². The topological polar surface area (TPSA) is 81.1 Å². The zero-order valence-electron chi connectivity index (χ0n) is 13.9. The van der Waals surface area contributed by atoms with Gasteiger partial charge in [0.1, 0.15) is 6.04 Å². The number of Topliss-reactive ketones (excluding diaryl/α,β-unsaturated/α-hetero) is 1. The molecular weight excluding hydrogens is 318 g/mol. The lowest BCUT2D eigenvalue weighted by molar-refractivity contribution is -0.118. The highest BCUT2D eigenvalue weighted by Crippen LogP contribution is 2.14. The number of ketones is 1. The van der Waals surface area contributed by atoms with Crippen LogP contribution in [0.4, 0.5) is 5.69 Å². The Kier molecular flexibility index (Phi) is 4.43. The van der Waals surface area contributed by atoms with Crippen LogP contribution < -0.4 is 10.9 Å². The number of hydrogen-bond acceptors (Lipinski definition) is 4. The number of nitrogens with zero attached hydrogens (tertiary/aromatic N) is 2. The van der Waals surface area contributed by atoms with Crippen LogP contribution in [0, 0.1) is 0 Å². The maximum atomic E-state index is 12.6. The molecule has 1 unspecified atom stereocenters. The van der Waals surface area contributed by atoms with Crippen LogP contribution in [0.25, 0.3) is 10.9 Å². The van der Waals surface area contributed by atoms with E-state index in [0.717, 1.165) is 0 Å². The molecule has 6 heteroatoms. The van der Waals surface area contributed by atoms with Gasteiger partial charge in [0, 0.05) is 11.3 Å². The number of carbonyl (C=O) groups excluding carboxylic acids is 2. The highest BCUT2D eigenvalue weighted by atomic mass is 16.2.